The number of benzene rings is 1. The lowest BCUT2D eigenvalue weighted by molar-refractivity contribution is -0.153. The van der Waals surface area contributed by atoms with Gasteiger partial charge < -0.3 is 24.2 Å². The van der Waals surface area contributed by atoms with Crippen LogP contribution in [-0.2, 0) is 30.4 Å². The van der Waals surface area contributed by atoms with Gasteiger partial charge >= 0.3 is 5.97 Å². The summed E-state index contributed by atoms with van der Waals surface area (Å²) in [5.41, 5.74) is 0.947. The predicted molar refractivity (Wildman–Crippen MR) is 115 cm³/mol. The summed E-state index contributed by atoms with van der Waals surface area (Å²) in [5, 5.41) is 10.5. The van der Waals surface area contributed by atoms with Crippen molar-refractivity contribution in [3.63, 3.8) is 0 Å². The number of likely N-dealkylation sites (tertiary alicyclic amines) is 1. The number of piperidine rings is 1. The zero-order valence-corrected chi connectivity index (χ0v) is 18.4. The van der Waals surface area contributed by atoms with Crippen molar-refractivity contribution in [2.45, 2.75) is 82.7 Å². The summed E-state index contributed by atoms with van der Waals surface area (Å²) in [6.07, 6.45) is 2.39. The van der Waals surface area contributed by atoms with E-state index in [-0.39, 0.29) is 37.5 Å². The molecule has 0 spiro atoms. The molecule has 0 saturated carbocycles. The highest BCUT2D eigenvalue weighted by molar-refractivity contribution is 5.77. The Morgan fingerprint density at radius 1 is 1.19 bits per heavy atom. The number of β-amino-alcohol motifs (C(OH)–C–C–N with tert-alkyl or cyclic N) is 1. The minimum absolute atomic E-state index is 0.0599. The van der Waals surface area contributed by atoms with Crippen LogP contribution in [0.15, 0.2) is 43.0 Å². The minimum Gasteiger partial charge on any atom is -0.461 e. The molecular weight excluding hydrogens is 398 g/mol. The molecule has 2 aliphatic heterocycles. The van der Waals surface area contributed by atoms with Crippen LogP contribution < -0.4 is 0 Å². The number of nitrogens with zero attached hydrogens (tertiary/aromatic N) is 1. The molecule has 31 heavy (non-hydrogen) atoms. The normalized spacial score (nSPS) is 26.9. The molecule has 170 valence electrons. The highest BCUT2D eigenvalue weighted by Gasteiger charge is 2.53. The van der Waals surface area contributed by atoms with E-state index in [0.717, 1.165) is 5.56 Å². The molecule has 1 amide bonds. The first-order chi connectivity index (χ1) is 14.8. The third kappa shape index (κ3) is 6.15. The van der Waals surface area contributed by atoms with Gasteiger partial charge in [-0.05, 0) is 38.7 Å². The molecular formula is C24H33NO6. The van der Waals surface area contributed by atoms with Crippen LogP contribution in [0.2, 0.25) is 0 Å². The Bertz CT molecular complexity index is 765. The zero-order valence-electron chi connectivity index (χ0n) is 18.4. The number of unbranched alkanes of at least 4 members (excludes halogenated alkanes) is 1. The third-order valence-electron chi connectivity index (χ3n) is 5.70. The van der Waals surface area contributed by atoms with Crippen LogP contribution in [0, 0.1) is 0 Å². The maximum Gasteiger partial charge on any atom is 0.306 e. The Kier molecular flexibility index (Phi) is 7.86. The molecule has 0 aliphatic carbocycles. The van der Waals surface area contributed by atoms with Gasteiger partial charge in [0, 0.05) is 19.4 Å². The molecule has 0 bridgehead atoms. The lowest BCUT2D eigenvalue weighted by Gasteiger charge is -2.43. The Morgan fingerprint density at radius 2 is 1.87 bits per heavy atom. The summed E-state index contributed by atoms with van der Waals surface area (Å²) in [5.74, 6) is -1.12. The molecule has 2 fully saturated rings. The van der Waals surface area contributed by atoms with Gasteiger partial charge in [0.15, 0.2) is 5.79 Å². The van der Waals surface area contributed by atoms with Crippen LogP contribution in [0.25, 0.3) is 0 Å². The second kappa shape index (κ2) is 10.4. The van der Waals surface area contributed by atoms with Gasteiger partial charge in [0.25, 0.3) is 0 Å². The first kappa shape index (κ1) is 23.4. The number of amides is 1. The molecule has 3 rings (SSSR count). The molecule has 1 N–H and O–H groups in total. The number of hydrogen-bond acceptors (Lipinski definition) is 6. The highest BCUT2D eigenvalue weighted by atomic mass is 16.8. The number of fused-ring (bicyclic) bond motifs is 1. The second-order valence-corrected chi connectivity index (χ2v) is 8.62. The topological polar surface area (TPSA) is 85.3 Å². The molecule has 7 nitrogen and oxygen atoms in total. The van der Waals surface area contributed by atoms with Crippen molar-refractivity contribution in [1.29, 1.82) is 0 Å². The highest BCUT2D eigenvalue weighted by Crippen LogP contribution is 2.37. The molecule has 7 heteroatoms. The summed E-state index contributed by atoms with van der Waals surface area (Å²) in [7, 11) is 0. The number of esters is 1. The van der Waals surface area contributed by atoms with E-state index in [0.29, 0.717) is 25.7 Å². The van der Waals surface area contributed by atoms with Gasteiger partial charge in [0.1, 0.15) is 24.9 Å². The van der Waals surface area contributed by atoms with E-state index in [1.54, 1.807) is 11.0 Å². The summed E-state index contributed by atoms with van der Waals surface area (Å²) in [4.78, 5) is 26.5. The Hall–Kier alpha value is -2.22. The van der Waals surface area contributed by atoms with Gasteiger partial charge in [-0.15, -0.1) is 6.58 Å². The van der Waals surface area contributed by atoms with E-state index < -0.39 is 24.1 Å². The monoisotopic (exact) mass is 431 g/mol. The average Bonchev–Trinajstić information content (AvgIpc) is 3.08. The number of hydrogen-bond donors (Lipinski definition) is 1. The number of aliphatic hydroxyl groups excluding tert-OH is 1. The fraction of sp³-hybridized carbons (Fsp3) is 0.583. The van der Waals surface area contributed by atoms with Gasteiger partial charge in [-0.3, -0.25) is 9.59 Å². The molecule has 4 atom stereocenters. The number of ether oxygens (including phenoxy) is 3. The van der Waals surface area contributed by atoms with Crippen molar-refractivity contribution in [2.24, 2.45) is 0 Å². The molecule has 2 saturated heterocycles. The molecule has 1 aromatic rings. The third-order valence-corrected chi connectivity index (χ3v) is 5.70. The van der Waals surface area contributed by atoms with E-state index in [4.69, 9.17) is 14.2 Å². The number of aliphatic hydroxyl groups is 1. The van der Waals surface area contributed by atoms with Crippen LogP contribution in [0.4, 0.5) is 0 Å². The van der Waals surface area contributed by atoms with Crippen LogP contribution in [-0.4, -0.2) is 58.6 Å². The summed E-state index contributed by atoms with van der Waals surface area (Å²) < 4.78 is 17.1. The lowest BCUT2D eigenvalue weighted by Crippen LogP contribution is -2.61. The first-order valence-electron chi connectivity index (χ1n) is 10.9. The molecule has 2 heterocycles. The fourth-order valence-corrected chi connectivity index (χ4v) is 4.25. The second-order valence-electron chi connectivity index (χ2n) is 8.62. The fourth-order valence-electron chi connectivity index (χ4n) is 4.25. The standard InChI is InChI=1S/C24H33NO6/c1-4-10-18-22-23(31-24(2,3)30-22)19(26)15-25(18)20(27)13-8-9-14-21(28)29-16-17-11-6-5-7-12-17/h4-7,11-12,18-19,22-23,26H,1,8-10,13-16H2,2-3H3/t18?,19-,22+,23-/m1/s1. The van der Waals surface area contributed by atoms with Gasteiger partial charge in [0.05, 0.1) is 6.04 Å². The Balaban J connectivity index is 1.45. The lowest BCUT2D eigenvalue weighted by atomic mass is 9.91. The van der Waals surface area contributed by atoms with Crippen molar-refractivity contribution in [3.05, 3.63) is 48.6 Å². The van der Waals surface area contributed by atoms with Crippen LogP contribution in [0.5, 0.6) is 0 Å². The quantitative estimate of drug-likeness (QED) is 0.368. The summed E-state index contributed by atoms with van der Waals surface area (Å²) >= 11 is 0. The van der Waals surface area contributed by atoms with Crippen molar-refractivity contribution >= 4 is 11.9 Å². The molecule has 1 unspecified atom stereocenters. The van der Waals surface area contributed by atoms with Crippen molar-refractivity contribution in [1.82, 2.24) is 4.90 Å². The van der Waals surface area contributed by atoms with Crippen molar-refractivity contribution in [3.8, 4) is 0 Å². The maximum absolute atomic E-state index is 12.9. The number of rotatable bonds is 9. The van der Waals surface area contributed by atoms with Crippen molar-refractivity contribution < 1.29 is 28.9 Å². The van der Waals surface area contributed by atoms with Gasteiger partial charge in [-0.2, -0.15) is 0 Å². The van der Waals surface area contributed by atoms with E-state index in [9.17, 15) is 14.7 Å². The SMILES string of the molecule is C=CCC1[C@@H]2OC(C)(C)O[C@@H]2[C@H](O)CN1C(=O)CCCCC(=O)OCc1ccccc1. The maximum atomic E-state index is 12.9. The summed E-state index contributed by atoms with van der Waals surface area (Å²) in [6.45, 7) is 7.89. The van der Waals surface area contributed by atoms with E-state index in [1.807, 2.05) is 44.2 Å². The smallest absolute Gasteiger partial charge is 0.306 e. The molecule has 0 radical (unpaired) electrons. The number of carbonyl (C=O) groups excluding carboxylic acids is 2. The van der Waals surface area contributed by atoms with Crippen LogP contribution >= 0.6 is 0 Å². The van der Waals surface area contributed by atoms with Crippen LogP contribution in [0.3, 0.4) is 0 Å². The van der Waals surface area contributed by atoms with Gasteiger partial charge in [-0.25, -0.2) is 0 Å². The van der Waals surface area contributed by atoms with Gasteiger partial charge in [0.2, 0.25) is 5.91 Å². The molecule has 2 aliphatic rings. The van der Waals surface area contributed by atoms with E-state index in [1.165, 1.54) is 0 Å². The van der Waals surface area contributed by atoms with Gasteiger partial charge in [-0.1, -0.05) is 36.4 Å². The van der Waals surface area contributed by atoms with Crippen LogP contribution in [0.1, 0.15) is 51.5 Å². The van der Waals surface area contributed by atoms with E-state index >= 15 is 0 Å². The van der Waals surface area contributed by atoms with Crippen molar-refractivity contribution in [2.75, 3.05) is 6.54 Å². The molecule has 0 aromatic heterocycles. The minimum atomic E-state index is -0.801. The Morgan fingerprint density at radius 3 is 2.58 bits per heavy atom. The average molecular weight is 432 g/mol. The zero-order chi connectivity index (χ0) is 22.4. The number of carbonyl (C=O) groups is 2. The largest absolute Gasteiger partial charge is 0.461 e. The Labute approximate surface area is 184 Å². The predicted octanol–water partition coefficient (Wildman–Crippen LogP) is 2.96. The first-order valence-corrected chi connectivity index (χ1v) is 10.9. The molecule has 1 aromatic carbocycles. The summed E-state index contributed by atoms with van der Waals surface area (Å²) in [6, 6.07) is 9.30. The van der Waals surface area contributed by atoms with E-state index in [2.05, 4.69) is 6.58 Å².